The Morgan fingerprint density at radius 1 is 1.19 bits per heavy atom. The topological polar surface area (TPSA) is 84.4 Å². The minimum Gasteiger partial charge on any atom is -0.461 e. The van der Waals surface area contributed by atoms with Crippen LogP contribution >= 0.6 is 34.0 Å². The second kappa shape index (κ2) is 8.11. The highest BCUT2D eigenvalue weighted by molar-refractivity contribution is 7.29. The van der Waals surface area contributed by atoms with Crippen LogP contribution in [0.25, 0.3) is 9.53 Å². The molecule has 0 spiro atoms. The minimum absolute atomic E-state index is 0.199. The zero-order valence-corrected chi connectivity index (χ0v) is 17.0. The quantitative estimate of drug-likeness (QED) is 0.591. The monoisotopic (exact) mass is 410 g/mol. The number of thiophene rings is 1. The van der Waals surface area contributed by atoms with Gasteiger partial charge in [-0.15, -0.1) is 22.7 Å². The molecular formula is C16H18N4O3S3. The van der Waals surface area contributed by atoms with E-state index in [4.69, 9.17) is 4.74 Å². The Morgan fingerprint density at radius 3 is 2.62 bits per heavy atom. The smallest absolute Gasteiger partial charge is 0.357 e. The van der Waals surface area contributed by atoms with Gasteiger partial charge >= 0.3 is 5.97 Å². The van der Waals surface area contributed by atoms with Gasteiger partial charge in [-0.2, -0.15) is 0 Å². The average Bonchev–Trinajstić information content (AvgIpc) is 3.30. The highest BCUT2D eigenvalue weighted by Crippen LogP contribution is 2.35. The first kappa shape index (κ1) is 18.7. The van der Waals surface area contributed by atoms with Gasteiger partial charge in [0.25, 0.3) is 5.91 Å². The number of esters is 1. The first-order valence-corrected chi connectivity index (χ1v) is 10.7. The molecule has 0 bridgehead atoms. The van der Waals surface area contributed by atoms with Gasteiger partial charge in [0.2, 0.25) is 0 Å². The summed E-state index contributed by atoms with van der Waals surface area (Å²) < 4.78 is 5.89. The molecule has 0 unspecified atom stereocenters. The molecule has 0 atom stereocenters. The number of ether oxygens (including phenoxy) is 1. The van der Waals surface area contributed by atoms with Gasteiger partial charge in [0.15, 0.2) is 16.0 Å². The van der Waals surface area contributed by atoms with Crippen molar-refractivity contribution in [2.24, 2.45) is 0 Å². The molecule has 0 aliphatic rings. The third-order valence-corrected chi connectivity index (χ3v) is 6.52. The molecule has 26 heavy (non-hydrogen) atoms. The molecule has 3 aromatic heterocycles. The summed E-state index contributed by atoms with van der Waals surface area (Å²) in [4.78, 5) is 36.4. The summed E-state index contributed by atoms with van der Waals surface area (Å²) in [7, 11) is 0. The van der Waals surface area contributed by atoms with Crippen molar-refractivity contribution in [3.63, 3.8) is 0 Å². The van der Waals surface area contributed by atoms with Crippen LogP contribution in [0.2, 0.25) is 0 Å². The van der Waals surface area contributed by atoms with Gasteiger partial charge in [0.1, 0.15) is 4.83 Å². The molecule has 7 nitrogen and oxygen atoms in total. The lowest BCUT2D eigenvalue weighted by molar-refractivity contribution is 0.0520. The van der Waals surface area contributed by atoms with E-state index >= 15 is 0 Å². The molecule has 0 fully saturated rings. The van der Waals surface area contributed by atoms with Crippen LogP contribution in [0, 0.1) is 0 Å². The van der Waals surface area contributed by atoms with Crippen LogP contribution in [0.4, 0.5) is 10.3 Å². The van der Waals surface area contributed by atoms with Crippen molar-refractivity contribution < 1.29 is 14.3 Å². The molecule has 3 heterocycles. The fourth-order valence-corrected chi connectivity index (χ4v) is 5.16. The van der Waals surface area contributed by atoms with Crippen molar-refractivity contribution in [1.82, 2.24) is 9.97 Å². The van der Waals surface area contributed by atoms with Crippen molar-refractivity contribution in [1.29, 1.82) is 0 Å². The Balaban J connectivity index is 1.72. The van der Waals surface area contributed by atoms with E-state index in [1.54, 1.807) is 23.6 Å². The third kappa shape index (κ3) is 3.87. The Kier molecular flexibility index (Phi) is 5.84. The lowest BCUT2D eigenvalue weighted by Gasteiger charge is -2.16. The van der Waals surface area contributed by atoms with E-state index in [9.17, 15) is 9.59 Å². The minimum atomic E-state index is -0.492. The van der Waals surface area contributed by atoms with Gasteiger partial charge < -0.3 is 9.64 Å². The van der Waals surface area contributed by atoms with Crippen LogP contribution in [0.5, 0.6) is 0 Å². The van der Waals surface area contributed by atoms with E-state index in [1.807, 2.05) is 6.07 Å². The van der Waals surface area contributed by atoms with E-state index in [2.05, 4.69) is 34.0 Å². The molecule has 0 aliphatic heterocycles. The van der Waals surface area contributed by atoms with Gasteiger partial charge in [0.05, 0.1) is 16.2 Å². The Labute approximate surface area is 162 Å². The van der Waals surface area contributed by atoms with Gasteiger partial charge in [-0.3, -0.25) is 10.1 Å². The van der Waals surface area contributed by atoms with Crippen LogP contribution in [-0.2, 0) is 4.74 Å². The van der Waals surface area contributed by atoms with E-state index in [1.165, 1.54) is 22.7 Å². The van der Waals surface area contributed by atoms with Gasteiger partial charge in [-0.1, -0.05) is 11.3 Å². The van der Waals surface area contributed by atoms with Crippen molar-refractivity contribution in [2.45, 2.75) is 20.8 Å². The van der Waals surface area contributed by atoms with Crippen LogP contribution in [-0.4, -0.2) is 41.5 Å². The molecule has 1 N–H and O–H groups in total. The van der Waals surface area contributed by atoms with Crippen molar-refractivity contribution in [2.75, 3.05) is 29.9 Å². The fraction of sp³-hybridized carbons (Fsp3) is 0.375. The molecule has 3 aromatic rings. The van der Waals surface area contributed by atoms with E-state index in [0.29, 0.717) is 10.0 Å². The SMILES string of the molecule is CCOC(=O)c1csc(NC(=O)c2cc3sc(N(CC)CC)nc3s2)n1. The lowest BCUT2D eigenvalue weighted by Crippen LogP contribution is -2.21. The molecule has 0 aromatic carbocycles. The van der Waals surface area contributed by atoms with Crippen LogP contribution in [0.3, 0.4) is 0 Å². The Hall–Kier alpha value is -2.04. The Bertz CT molecular complexity index is 895. The molecule has 0 saturated heterocycles. The first-order valence-electron chi connectivity index (χ1n) is 8.15. The first-order chi connectivity index (χ1) is 12.5. The number of nitrogens with one attached hydrogen (secondary N) is 1. The number of hydrogen-bond acceptors (Lipinski definition) is 9. The standard InChI is InChI=1S/C16H18N4O3S3/c1-4-20(5-2)16-19-13-11(26-16)7-10(25-13)12(21)18-15-17-9(8-24-15)14(22)23-6-3/h7-8H,4-6H2,1-3H3,(H,17,18,21). The predicted octanol–water partition coefficient (Wildman–Crippen LogP) is 4.09. The number of rotatable bonds is 7. The zero-order chi connectivity index (χ0) is 18.7. The number of hydrogen-bond donors (Lipinski definition) is 1. The van der Waals surface area contributed by atoms with Gasteiger partial charge in [-0.25, -0.2) is 14.8 Å². The van der Waals surface area contributed by atoms with E-state index in [0.717, 1.165) is 27.8 Å². The summed E-state index contributed by atoms with van der Waals surface area (Å²) >= 11 is 4.12. The van der Waals surface area contributed by atoms with Crippen molar-refractivity contribution in [3.8, 4) is 0 Å². The second-order valence-corrected chi connectivity index (χ2v) is 8.06. The molecule has 0 radical (unpaired) electrons. The number of amides is 1. The summed E-state index contributed by atoms with van der Waals surface area (Å²) in [5.41, 5.74) is 0.199. The summed E-state index contributed by atoms with van der Waals surface area (Å²) in [6.45, 7) is 8.00. The maximum Gasteiger partial charge on any atom is 0.357 e. The Morgan fingerprint density at radius 2 is 1.96 bits per heavy atom. The zero-order valence-electron chi connectivity index (χ0n) is 14.6. The number of aromatic nitrogens is 2. The number of fused-ring (bicyclic) bond motifs is 1. The summed E-state index contributed by atoms with van der Waals surface area (Å²) in [6.07, 6.45) is 0. The van der Waals surface area contributed by atoms with Crippen LogP contribution in [0.15, 0.2) is 11.4 Å². The highest BCUT2D eigenvalue weighted by atomic mass is 32.1. The van der Waals surface area contributed by atoms with E-state index in [-0.39, 0.29) is 18.2 Å². The maximum atomic E-state index is 12.4. The molecule has 0 saturated carbocycles. The number of carbonyl (C=O) groups excluding carboxylic acids is 2. The number of anilines is 2. The molecule has 1 amide bonds. The molecule has 3 rings (SSSR count). The van der Waals surface area contributed by atoms with Crippen LogP contribution < -0.4 is 10.2 Å². The van der Waals surface area contributed by atoms with Crippen molar-refractivity contribution in [3.05, 3.63) is 22.0 Å². The van der Waals surface area contributed by atoms with Crippen LogP contribution in [0.1, 0.15) is 40.9 Å². The second-order valence-electron chi connectivity index (χ2n) is 5.16. The predicted molar refractivity (Wildman–Crippen MR) is 107 cm³/mol. The summed E-state index contributed by atoms with van der Waals surface area (Å²) in [5.74, 6) is -0.747. The fourth-order valence-electron chi connectivity index (χ4n) is 2.25. The molecular weight excluding hydrogens is 392 g/mol. The largest absolute Gasteiger partial charge is 0.461 e. The lowest BCUT2D eigenvalue weighted by atomic mass is 10.4. The van der Waals surface area contributed by atoms with Gasteiger partial charge in [-0.05, 0) is 26.8 Å². The van der Waals surface area contributed by atoms with E-state index < -0.39 is 5.97 Å². The van der Waals surface area contributed by atoms with Gasteiger partial charge in [0, 0.05) is 18.5 Å². The molecule has 138 valence electrons. The van der Waals surface area contributed by atoms with Crippen molar-refractivity contribution >= 4 is 65.7 Å². The normalized spacial score (nSPS) is 10.9. The molecule has 0 aliphatic carbocycles. The number of nitrogens with zero attached hydrogens (tertiary/aromatic N) is 3. The number of carbonyl (C=O) groups is 2. The maximum absolute atomic E-state index is 12.4. The summed E-state index contributed by atoms with van der Waals surface area (Å²) in [5, 5.41) is 5.63. The summed E-state index contributed by atoms with van der Waals surface area (Å²) in [6, 6.07) is 1.85. The molecule has 10 heteroatoms. The number of thiazole rings is 2. The third-order valence-electron chi connectivity index (χ3n) is 3.55. The highest BCUT2D eigenvalue weighted by Gasteiger charge is 2.18. The average molecular weight is 411 g/mol.